The van der Waals surface area contributed by atoms with E-state index in [2.05, 4.69) is 42.4 Å². The van der Waals surface area contributed by atoms with Crippen LogP contribution in [0.15, 0.2) is 49.0 Å². The van der Waals surface area contributed by atoms with Gasteiger partial charge in [-0.3, -0.25) is 14.9 Å². The molecule has 0 aliphatic heterocycles. The van der Waals surface area contributed by atoms with E-state index < -0.39 is 10.8 Å². The molecule has 9 heteroatoms. The van der Waals surface area contributed by atoms with Gasteiger partial charge in [0, 0.05) is 23.8 Å². The molecule has 0 aliphatic rings. The van der Waals surface area contributed by atoms with Crippen LogP contribution in [0.2, 0.25) is 0 Å². The predicted octanol–water partition coefficient (Wildman–Crippen LogP) is 3.48. The smallest absolute Gasteiger partial charge is 0.271 e. The number of nitrogens with zero attached hydrogens (tertiary/aromatic N) is 2. The zero-order valence-electron chi connectivity index (χ0n) is 10.2. The van der Waals surface area contributed by atoms with Gasteiger partial charge in [-0.1, -0.05) is 6.07 Å². The van der Waals surface area contributed by atoms with Crippen LogP contribution >= 0.6 is 31.9 Å². The molecule has 1 aromatic heterocycles. The molecule has 108 valence electrons. The molecule has 0 aliphatic carbocycles. The van der Waals surface area contributed by atoms with E-state index in [4.69, 9.17) is 4.42 Å². The molecule has 2 rings (SSSR count). The standard InChI is InChI=1S/C12H7Br2N3O4/c13-10-5-9(21-11(10)14)6-15-16-12(18)7-2-1-3-8(4-7)17(19)20/h1-6H,(H,16,18)/b15-6+. The number of amides is 1. The highest BCUT2D eigenvalue weighted by Crippen LogP contribution is 2.25. The number of carbonyl (C=O) groups is 1. The number of hydrazone groups is 1. The Morgan fingerprint density at radius 1 is 1.38 bits per heavy atom. The summed E-state index contributed by atoms with van der Waals surface area (Å²) in [6.45, 7) is 0. The number of hydrogen-bond donors (Lipinski definition) is 1. The zero-order valence-corrected chi connectivity index (χ0v) is 13.4. The Kier molecular flexibility index (Phi) is 4.86. The summed E-state index contributed by atoms with van der Waals surface area (Å²) in [5.41, 5.74) is 2.24. The maximum atomic E-state index is 11.8. The van der Waals surface area contributed by atoms with Crippen LogP contribution in [0, 0.1) is 10.1 Å². The fourth-order valence-electron chi connectivity index (χ4n) is 1.41. The van der Waals surface area contributed by atoms with E-state index in [9.17, 15) is 14.9 Å². The molecule has 1 aromatic carbocycles. The second kappa shape index (κ2) is 6.64. The van der Waals surface area contributed by atoms with Crippen LogP contribution in [-0.4, -0.2) is 17.0 Å². The largest absolute Gasteiger partial charge is 0.447 e. The van der Waals surface area contributed by atoms with Crippen molar-refractivity contribution in [3.05, 3.63) is 60.9 Å². The van der Waals surface area contributed by atoms with Crippen LogP contribution in [0.1, 0.15) is 16.1 Å². The SMILES string of the molecule is O=C(N/N=C/c1cc(Br)c(Br)o1)c1cccc([N+](=O)[O-])c1. The van der Waals surface area contributed by atoms with E-state index >= 15 is 0 Å². The van der Waals surface area contributed by atoms with Gasteiger partial charge in [-0.05, 0) is 37.9 Å². The van der Waals surface area contributed by atoms with Gasteiger partial charge in [0.25, 0.3) is 11.6 Å². The number of nitro groups is 1. The molecule has 0 spiro atoms. The molecule has 21 heavy (non-hydrogen) atoms. The quantitative estimate of drug-likeness (QED) is 0.468. The number of carbonyl (C=O) groups excluding carboxylic acids is 1. The molecule has 7 nitrogen and oxygen atoms in total. The molecular weight excluding hydrogens is 410 g/mol. The van der Waals surface area contributed by atoms with Crippen molar-refractivity contribution < 1.29 is 14.1 Å². The summed E-state index contributed by atoms with van der Waals surface area (Å²) in [4.78, 5) is 21.8. The monoisotopic (exact) mass is 415 g/mol. The molecule has 0 fully saturated rings. The number of nitrogens with one attached hydrogen (secondary N) is 1. The highest BCUT2D eigenvalue weighted by atomic mass is 79.9. The summed E-state index contributed by atoms with van der Waals surface area (Å²) < 4.78 is 6.46. The van der Waals surface area contributed by atoms with Crippen LogP contribution in [-0.2, 0) is 0 Å². The number of hydrogen-bond acceptors (Lipinski definition) is 5. The minimum Gasteiger partial charge on any atom is -0.447 e. The number of rotatable bonds is 4. The van der Waals surface area contributed by atoms with E-state index in [0.29, 0.717) is 14.9 Å². The lowest BCUT2D eigenvalue weighted by Gasteiger charge is -1.99. The maximum Gasteiger partial charge on any atom is 0.271 e. The number of non-ortho nitro benzene ring substituents is 1. The third kappa shape index (κ3) is 3.99. The number of furan rings is 1. The van der Waals surface area contributed by atoms with Gasteiger partial charge >= 0.3 is 0 Å². The lowest BCUT2D eigenvalue weighted by Crippen LogP contribution is -2.17. The van der Waals surface area contributed by atoms with Crippen molar-refractivity contribution in [2.45, 2.75) is 0 Å². The first-order valence-electron chi connectivity index (χ1n) is 5.50. The average molecular weight is 417 g/mol. The average Bonchev–Trinajstić information content (AvgIpc) is 2.77. The van der Waals surface area contributed by atoms with Gasteiger partial charge in [-0.25, -0.2) is 5.43 Å². The summed E-state index contributed by atoms with van der Waals surface area (Å²) in [6, 6.07) is 7.02. The van der Waals surface area contributed by atoms with Gasteiger partial charge < -0.3 is 4.42 Å². The summed E-state index contributed by atoms with van der Waals surface area (Å²) in [5, 5.41) is 14.3. The molecule has 0 radical (unpaired) electrons. The molecule has 0 saturated carbocycles. The first kappa shape index (κ1) is 15.4. The van der Waals surface area contributed by atoms with Crippen molar-refractivity contribution in [1.29, 1.82) is 0 Å². The van der Waals surface area contributed by atoms with E-state index in [1.165, 1.54) is 30.5 Å². The molecule has 0 atom stereocenters. The van der Waals surface area contributed by atoms with Crippen LogP contribution in [0.5, 0.6) is 0 Å². The fourth-order valence-corrected chi connectivity index (χ4v) is 2.01. The minimum absolute atomic E-state index is 0.142. The summed E-state index contributed by atoms with van der Waals surface area (Å²) in [5.74, 6) is -0.132. The van der Waals surface area contributed by atoms with Gasteiger partial charge in [0.15, 0.2) is 4.67 Å². The minimum atomic E-state index is -0.571. The Morgan fingerprint density at radius 3 is 2.76 bits per heavy atom. The topological polar surface area (TPSA) is 97.7 Å². The number of benzene rings is 1. The Labute approximate surface area is 135 Å². The van der Waals surface area contributed by atoms with Crippen molar-refractivity contribution in [2.24, 2.45) is 5.10 Å². The molecule has 0 unspecified atom stereocenters. The van der Waals surface area contributed by atoms with Crippen molar-refractivity contribution >= 4 is 49.7 Å². The van der Waals surface area contributed by atoms with Crippen LogP contribution < -0.4 is 5.43 Å². The van der Waals surface area contributed by atoms with Gasteiger partial charge in [-0.15, -0.1) is 0 Å². The van der Waals surface area contributed by atoms with Crippen molar-refractivity contribution in [3.63, 3.8) is 0 Å². The van der Waals surface area contributed by atoms with E-state index in [1.54, 1.807) is 6.07 Å². The Hall–Kier alpha value is -2.00. The second-order valence-corrected chi connectivity index (χ2v) is 5.35. The highest BCUT2D eigenvalue weighted by Gasteiger charge is 2.10. The second-order valence-electron chi connectivity index (χ2n) is 3.78. The molecule has 1 N–H and O–H groups in total. The molecule has 1 amide bonds. The number of nitro benzene ring substituents is 1. The summed E-state index contributed by atoms with van der Waals surface area (Å²) in [7, 11) is 0. The first-order valence-corrected chi connectivity index (χ1v) is 7.08. The predicted molar refractivity (Wildman–Crippen MR) is 82.3 cm³/mol. The van der Waals surface area contributed by atoms with E-state index in [0.717, 1.165) is 0 Å². The molecule has 2 aromatic rings. The van der Waals surface area contributed by atoms with Gasteiger partial charge in [0.05, 0.1) is 15.6 Å². The lowest BCUT2D eigenvalue weighted by atomic mass is 10.2. The lowest BCUT2D eigenvalue weighted by molar-refractivity contribution is -0.384. The third-order valence-electron chi connectivity index (χ3n) is 2.34. The fraction of sp³-hybridized carbons (Fsp3) is 0. The summed E-state index contributed by atoms with van der Waals surface area (Å²) >= 11 is 6.41. The van der Waals surface area contributed by atoms with Crippen molar-refractivity contribution in [2.75, 3.05) is 0 Å². The van der Waals surface area contributed by atoms with E-state index in [-0.39, 0.29) is 11.3 Å². The molecule has 0 saturated heterocycles. The van der Waals surface area contributed by atoms with Crippen molar-refractivity contribution in [1.82, 2.24) is 5.43 Å². The summed E-state index contributed by atoms with van der Waals surface area (Å²) in [6.07, 6.45) is 1.31. The van der Waals surface area contributed by atoms with Gasteiger partial charge in [0.2, 0.25) is 0 Å². The van der Waals surface area contributed by atoms with Crippen LogP contribution in [0.4, 0.5) is 5.69 Å². The molecular formula is C12H7Br2N3O4. The van der Waals surface area contributed by atoms with Gasteiger partial charge in [0.1, 0.15) is 5.76 Å². The van der Waals surface area contributed by atoms with Crippen molar-refractivity contribution in [3.8, 4) is 0 Å². The molecule has 0 bridgehead atoms. The Bertz CT molecular complexity index is 708. The van der Waals surface area contributed by atoms with Crippen LogP contribution in [0.3, 0.4) is 0 Å². The maximum absolute atomic E-state index is 11.8. The number of halogens is 2. The van der Waals surface area contributed by atoms with E-state index in [1.807, 2.05) is 0 Å². The highest BCUT2D eigenvalue weighted by molar-refractivity contribution is 9.13. The van der Waals surface area contributed by atoms with Gasteiger partial charge in [-0.2, -0.15) is 5.10 Å². The zero-order chi connectivity index (χ0) is 15.4. The third-order valence-corrected chi connectivity index (χ3v) is 4.05. The Balaban J connectivity index is 2.04. The molecule has 1 heterocycles. The van der Waals surface area contributed by atoms with Crippen LogP contribution in [0.25, 0.3) is 0 Å². The normalized spacial score (nSPS) is 10.8. The Morgan fingerprint density at radius 2 is 2.14 bits per heavy atom. The first-order chi connectivity index (χ1) is 9.97.